The van der Waals surface area contributed by atoms with Crippen LogP contribution in [0.3, 0.4) is 0 Å². The van der Waals surface area contributed by atoms with E-state index >= 15 is 0 Å². The fourth-order valence-corrected chi connectivity index (χ4v) is 1.46. The lowest BCUT2D eigenvalue weighted by atomic mass is 9.93. The Hall–Kier alpha value is -1.11. The molecule has 1 aliphatic rings. The van der Waals surface area contributed by atoms with Crippen LogP contribution < -0.4 is 0 Å². The minimum absolute atomic E-state index is 0.477. The SMILES string of the molecule is CC(C=CCC=O)C1=CC=CCC1. The summed E-state index contributed by atoms with van der Waals surface area (Å²) in [6, 6.07) is 0. The average molecular weight is 176 g/mol. The van der Waals surface area contributed by atoms with Crippen LogP contribution >= 0.6 is 0 Å². The van der Waals surface area contributed by atoms with Crippen LogP contribution in [0.2, 0.25) is 0 Å². The Kier molecular flexibility index (Phi) is 4.24. The Bertz CT molecular complexity index is 246. The Morgan fingerprint density at radius 1 is 1.62 bits per heavy atom. The Labute approximate surface area is 79.8 Å². The van der Waals surface area contributed by atoms with E-state index in [9.17, 15) is 4.79 Å². The van der Waals surface area contributed by atoms with Crippen LogP contribution in [-0.2, 0) is 4.79 Å². The molecule has 0 aromatic heterocycles. The van der Waals surface area contributed by atoms with E-state index < -0.39 is 0 Å². The van der Waals surface area contributed by atoms with E-state index in [2.05, 4.69) is 31.2 Å². The summed E-state index contributed by atoms with van der Waals surface area (Å²) in [7, 11) is 0. The summed E-state index contributed by atoms with van der Waals surface area (Å²) < 4.78 is 0. The van der Waals surface area contributed by atoms with Gasteiger partial charge < -0.3 is 4.79 Å². The molecule has 1 unspecified atom stereocenters. The molecule has 0 saturated heterocycles. The van der Waals surface area contributed by atoms with Crippen LogP contribution in [0.1, 0.15) is 26.2 Å². The third-order valence-electron chi connectivity index (χ3n) is 2.29. The minimum Gasteiger partial charge on any atom is -0.303 e. The highest BCUT2D eigenvalue weighted by Gasteiger charge is 2.05. The smallest absolute Gasteiger partial charge is 0.123 e. The van der Waals surface area contributed by atoms with Crippen molar-refractivity contribution in [1.29, 1.82) is 0 Å². The number of carbonyl (C=O) groups excluding carboxylic acids is 1. The van der Waals surface area contributed by atoms with Gasteiger partial charge in [0.25, 0.3) is 0 Å². The van der Waals surface area contributed by atoms with E-state index in [0.29, 0.717) is 12.3 Å². The molecule has 0 aliphatic heterocycles. The van der Waals surface area contributed by atoms with Crippen LogP contribution in [0.15, 0.2) is 36.0 Å². The predicted molar refractivity (Wildman–Crippen MR) is 55.4 cm³/mol. The zero-order chi connectivity index (χ0) is 9.52. The molecular formula is C12H16O. The predicted octanol–water partition coefficient (Wildman–Crippen LogP) is 3.04. The molecule has 0 heterocycles. The molecule has 1 rings (SSSR count). The van der Waals surface area contributed by atoms with Gasteiger partial charge in [-0.3, -0.25) is 0 Å². The first-order valence-electron chi connectivity index (χ1n) is 4.80. The second-order valence-corrected chi connectivity index (χ2v) is 3.33. The van der Waals surface area contributed by atoms with E-state index in [1.165, 1.54) is 5.57 Å². The van der Waals surface area contributed by atoms with E-state index in [4.69, 9.17) is 0 Å². The fraction of sp³-hybridized carbons (Fsp3) is 0.417. The molecule has 1 aliphatic carbocycles. The summed E-state index contributed by atoms with van der Waals surface area (Å²) in [4.78, 5) is 10.1. The monoisotopic (exact) mass is 176 g/mol. The van der Waals surface area contributed by atoms with E-state index in [1.807, 2.05) is 6.08 Å². The highest BCUT2D eigenvalue weighted by molar-refractivity contribution is 5.51. The van der Waals surface area contributed by atoms with Crippen molar-refractivity contribution in [1.82, 2.24) is 0 Å². The van der Waals surface area contributed by atoms with E-state index in [0.717, 1.165) is 19.1 Å². The maximum Gasteiger partial charge on any atom is 0.123 e. The van der Waals surface area contributed by atoms with Crippen molar-refractivity contribution in [2.45, 2.75) is 26.2 Å². The molecule has 0 N–H and O–H groups in total. The molecule has 0 fully saturated rings. The lowest BCUT2D eigenvalue weighted by Crippen LogP contribution is -1.97. The van der Waals surface area contributed by atoms with Crippen LogP contribution in [0.5, 0.6) is 0 Å². The lowest BCUT2D eigenvalue weighted by Gasteiger charge is -2.13. The van der Waals surface area contributed by atoms with Gasteiger partial charge in [-0.2, -0.15) is 0 Å². The molecule has 0 aromatic rings. The third-order valence-corrected chi connectivity index (χ3v) is 2.29. The summed E-state index contributed by atoms with van der Waals surface area (Å²) in [6.07, 6.45) is 14.3. The summed E-state index contributed by atoms with van der Waals surface area (Å²) in [6.45, 7) is 2.17. The Morgan fingerprint density at radius 2 is 2.46 bits per heavy atom. The average Bonchev–Trinajstić information content (AvgIpc) is 2.19. The normalized spacial score (nSPS) is 18.7. The van der Waals surface area contributed by atoms with Crippen molar-refractivity contribution in [3.63, 3.8) is 0 Å². The maximum atomic E-state index is 10.1. The minimum atomic E-state index is 0.477. The van der Waals surface area contributed by atoms with Crippen molar-refractivity contribution < 1.29 is 4.79 Å². The second-order valence-electron chi connectivity index (χ2n) is 3.33. The standard InChI is InChI=1S/C12H16O/c1-11(7-5-6-10-13)12-8-3-2-4-9-12/h2-3,5,7-8,10-11H,4,6,9H2,1H3. The summed E-state index contributed by atoms with van der Waals surface area (Å²) in [5.41, 5.74) is 1.46. The van der Waals surface area contributed by atoms with Crippen molar-refractivity contribution in [3.05, 3.63) is 36.0 Å². The van der Waals surface area contributed by atoms with Crippen LogP contribution in [0.25, 0.3) is 0 Å². The van der Waals surface area contributed by atoms with Crippen molar-refractivity contribution >= 4 is 6.29 Å². The number of aldehydes is 1. The third kappa shape index (κ3) is 3.41. The highest BCUT2D eigenvalue weighted by Crippen LogP contribution is 2.21. The number of hydrogen-bond donors (Lipinski definition) is 0. The summed E-state index contributed by atoms with van der Waals surface area (Å²) in [5, 5.41) is 0. The molecule has 0 radical (unpaired) electrons. The lowest BCUT2D eigenvalue weighted by molar-refractivity contribution is -0.107. The first-order chi connectivity index (χ1) is 6.34. The van der Waals surface area contributed by atoms with Gasteiger partial charge in [0.1, 0.15) is 6.29 Å². The molecular weight excluding hydrogens is 160 g/mol. The quantitative estimate of drug-likeness (QED) is 0.475. The molecule has 0 amide bonds. The largest absolute Gasteiger partial charge is 0.303 e. The number of allylic oxidation sites excluding steroid dienone is 6. The first kappa shape index (κ1) is 9.97. The summed E-state index contributed by atoms with van der Waals surface area (Å²) >= 11 is 0. The van der Waals surface area contributed by atoms with Gasteiger partial charge in [-0.25, -0.2) is 0 Å². The van der Waals surface area contributed by atoms with Crippen molar-refractivity contribution in [2.75, 3.05) is 0 Å². The maximum absolute atomic E-state index is 10.1. The van der Waals surface area contributed by atoms with Gasteiger partial charge >= 0.3 is 0 Å². The second kappa shape index (κ2) is 5.52. The van der Waals surface area contributed by atoms with Gasteiger partial charge in [0.15, 0.2) is 0 Å². The molecule has 0 spiro atoms. The van der Waals surface area contributed by atoms with E-state index in [-0.39, 0.29) is 0 Å². The van der Waals surface area contributed by atoms with Crippen molar-refractivity contribution in [3.8, 4) is 0 Å². The molecule has 0 saturated carbocycles. The molecule has 70 valence electrons. The first-order valence-corrected chi connectivity index (χ1v) is 4.80. The Balaban J connectivity index is 2.46. The van der Waals surface area contributed by atoms with Crippen molar-refractivity contribution in [2.24, 2.45) is 5.92 Å². The van der Waals surface area contributed by atoms with Gasteiger partial charge in [0, 0.05) is 6.42 Å². The number of hydrogen-bond acceptors (Lipinski definition) is 1. The number of carbonyl (C=O) groups is 1. The van der Waals surface area contributed by atoms with Gasteiger partial charge in [-0.05, 0) is 18.8 Å². The van der Waals surface area contributed by atoms with Gasteiger partial charge in [0.2, 0.25) is 0 Å². The molecule has 0 bridgehead atoms. The Morgan fingerprint density at radius 3 is 3.08 bits per heavy atom. The molecule has 0 aromatic carbocycles. The molecule has 1 atom stereocenters. The van der Waals surface area contributed by atoms with E-state index in [1.54, 1.807) is 0 Å². The highest BCUT2D eigenvalue weighted by atomic mass is 16.1. The van der Waals surface area contributed by atoms with Gasteiger partial charge in [-0.15, -0.1) is 0 Å². The number of rotatable bonds is 4. The van der Waals surface area contributed by atoms with Crippen LogP contribution in [-0.4, -0.2) is 6.29 Å². The molecule has 13 heavy (non-hydrogen) atoms. The zero-order valence-corrected chi connectivity index (χ0v) is 8.07. The van der Waals surface area contributed by atoms with Gasteiger partial charge in [-0.1, -0.05) is 42.9 Å². The van der Waals surface area contributed by atoms with Crippen LogP contribution in [0.4, 0.5) is 0 Å². The molecule has 1 heteroatoms. The fourth-order valence-electron chi connectivity index (χ4n) is 1.46. The van der Waals surface area contributed by atoms with Crippen LogP contribution in [0, 0.1) is 5.92 Å². The van der Waals surface area contributed by atoms with Gasteiger partial charge in [0.05, 0.1) is 0 Å². The molecule has 1 nitrogen and oxygen atoms in total. The topological polar surface area (TPSA) is 17.1 Å². The zero-order valence-electron chi connectivity index (χ0n) is 8.07. The summed E-state index contributed by atoms with van der Waals surface area (Å²) in [5.74, 6) is 0.477.